The average molecular weight is 274 g/mol. The molecule has 106 valence electrons. The molecule has 1 unspecified atom stereocenters. The van der Waals surface area contributed by atoms with E-state index >= 15 is 0 Å². The van der Waals surface area contributed by atoms with Gasteiger partial charge in [-0.1, -0.05) is 18.2 Å². The quantitative estimate of drug-likeness (QED) is 0.665. The Balaban J connectivity index is 2.47. The lowest BCUT2D eigenvalue weighted by atomic mass is 9.94. The van der Waals surface area contributed by atoms with Crippen molar-refractivity contribution in [2.45, 2.75) is 19.9 Å². The van der Waals surface area contributed by atoms with Gasteiger partial charge in [0.15, 0.2) is 0 Å². The molecule has 0 aliphatic rings. The Kier molecular flexibility index (Phi) is 4.37. The molecule has 2 aromatic rings. The summed E-state index contributed by atoms with van der Waals surface area (Å²) in [5, 5.41) is 0. The smallest absolute Gasteiger partial charge is 0.128 e. The van der Waals surface area contributed by atoms with Crippen molar-refractivity contribution in [2.75, 3.05) is 7.11 Å². The van der Waals surface area contributed by atoms with E-state index < -0.39 is 0 Å². The van der Waals surface area contributed by atoms with Gasteiger partial charge in [0.2, 0.25) is 0 Å². The Bertz CT molecular complexity index is 613. The van der Waals surface area contributed by atoms with Crippen LogP contribution in [0, 0.1) is 19.7 Å². The van der Waals surface area contributed by atoms with Gasteiger partial charge in [0.05, 0.1) is 13.2 Å². The van der Waals surface area contributed by atoms with Crippen LogP contribution in [-0.4, -0.2) is 7.11 Å². The number of aryl methyl sites for hydroxylation is 2. The van der Waals surface area contributed by atoms with E-state index in [1.807, 2.05) is 38.1 Å². The minimum atomic E-state index is -0.387. The Labute approximate surface area is 118 Å². The molecule has 1 atom stereocenters. The van der Waals surface area contributed by atoms with Gasteiger partial charge >= 0.3 is 0 Å². The zero-order valence-electron chi connectivity index (χ0n) is 11.9. The Morgan fingerprint density at radius 1 is 1.10 bits per heavy atom. The minimum absolute atomic E-state index is 0.261. The molecule has 4 heteroatoms. The summed E-state index contributed by atoms with van der Waals surface area (Å²) in [6.07, 6.45) is 0. The molecule has 3 nitrogen and oxygen atoms in total. The van der Waals surface area contributed by atoms with Crippen LogP contribution in [0.4, 0.5) is 4.39 Å². The number of nitrogens with two attached hydrogens (primary N) is 1. The molecule has 0 amide bonds. The van der Waals surface area contributed by atoms with Crippen molar-refractivity contribution in [2.24, 2.45) is 5.84 Å². The summed E-state index contributed by atoms with van der Waals surface area (Å²) in [4.78, 5) is 0. The van der Waals surface area contributed by atoms with Crippen LogP contribution in [0.2, 0.25) is 0 Å². The summed E-state index contributed by atoms with van der Waals surface area (Å²) in [6.45, 7) is 3.81. The molecule has 0 saturated carbocycles. The highest BCUT2D eigenvalue weighted by molar-refractivity contribution is 5.42. The van der Waals surface area contributed by atoms with Crippen LogP contribution < -0.4 is 16.0 Å². The lowest BCUT2D eigenvalue weighted by molar-refractivity contribution is 0.414. The average Bonchev–Trinajstić information content (AvgIpc) is 2.43. The lowest BCUT2D eigenvalue weighted by Crippen LogP contribution is -2.30. The predicted molar refractivity (Wildman–Crippen MR) is 78.0 cm³/mol. The minimum Gasteiger partial charge on any atom is -0.497 e. The lowest BCUT2D eigenvalue weighted by Gasteiger charge is -2.20. The SMILES string of the molecule is COc1ccc(C(NN)c2ccc(C)cc2F)c(C)c1. The maximum atomic E-state index is 14.1. The molecular formula is C16H19FN2O. The van der Waals surface area contributed by atoms with Crippen molar-refractivity contribution in [3.05, 3.63) is 64.5 Å². The number of hydrogen-bond donors (Lipinski definition) is 2. The van der Waals surface area contributed by atoms with Gasteiger partial charge < -0.3 is 4.74 Å². The van der Waals surface area contributed by atoms with Crippen LogP contribution in [-0.2, 0) is 0 Å². The summed E-state index contributed by atoms with van der Waals surface area (Å²) < 4.78 is 19.3. The number of hydrazine groups is 1. The molecular weight excluding hydrogens is 255 g/mol. The van der Waals surface area contributed by atoms with E-state index in [0.29, 0.717) is 5.56 Å². The van der Waals surface area contributed by atoms with Gasteiger partial charge in [0, 0.05) is 5.56 Å². The van der Waals surface area contributed by atoms with Crippen molar-refractivity contribution in [1.29, 1.82) is 0 Å². The molecule has 0 aliphatic heterocycles. The Hall–Kier alpha value is -1.91. The van der Waals surface area contributed by atoms with E-state index in [2.05, 4.69) is 5.43 Å². The van der Waals surface area contributed by atoms with E-state index in [1.54, 1.807) is 13.2 Å². The number of ether oxygens (including phenoxy) is 1. The summed E-state index contributed by atoms with van der Waals surface area (Å²) in [6, 6.07) is 10.4. The van der Waals surface area contributed by atoms with Gasteiger partial charge in [-0.05, 0) is 48.7 Å². The first-order valence-electron chi connectivity index (χ1n) is 6.43. The first-order chi connectivity index (χ1) is 9.56. The summed E-state index contributed by atoms with van der Waals surface area (Å²) >= 11 is 0. The number of methoxy groups -OCH3 is 1. The fourth-order valence-electron chi connectivity index (χ4n) is 2.31. The van der Waals surface area contributed by atoms with Crippen LogP contribution in [0.25, 0.3) is 0 Å². The third-order valence-corrected chi connectivity index (χ3v) is 3.42. The summed E-state index contributed by atoms with van der Waals surface area (Å²) in [5.41, 5.74) is 6.03. The van der Waals surface area contributed by atoms with Gasteiger partial charge in [-0.3, -0.25) is 5.84 Å². The van der Waals surface area contributed by atoms with Crippen molar-refractivity contribution < 1.29 is 9.13 Å². The highest BCUT2D eigenvalue weighted by Crippen LogP contribution is 2.28. The van der Waals surface area contributed by atoms with Gasteiger partial charge in [0.25, 0.3) is 0 Å². The number of rotatable bonds is 4. The molecule has 3 N–H and O–H groups in total. The van der Waals surface area contributed by atoms with Crippen molar-refractivity contribution in [1.82, 2.24) is 5.43 Å². The molecule has 2 aromatic carbocycles. The van der Waals surface area contributed by atoms with Crippen molar-refractivity contribution in [3.63, 3.8) is 0 Å². The maximum absolute atomic E-state index is 14.1. The second-order valence-electron chi connectivity index (χ2n) is 4.85. The van der Waals surface area contributed by atoms with Gasteiger partial charge in [-0.2, -0.15) is 0 Å². The Morgan fingerprint density at radius 3 is 2.35 bits per heavy atom. The summed E-state index contributed by atoms with van der Waals surface area (Å²) in [7, 11) is 1.62. The molecule has 0 aliphatic carbocycles. The molecule has 0 aromatic heterocycles. The largest absolute Gasteiger partial charge is 0.497 e. The fourth-order valence-corrected chi connectivity index (χ4v) is 2.31. The monoisotopic (exact) mass is 274 g/mol. The van der Waals surface area contributed by atoms with E-state index in [-0.39, 0.29) is 11.9 Å². The van der Waals surface area contributed by atoms with Gasteiger partial charge in [0.1, 0.15) is 11.6 Å². The molecule has 0 saturated heterocycles. The highest BCUT2D eigenvalue weighted by Gasteiger charge is 2.18. The topological polar surface area (TPSA) is 47.3 Å². The van der Waals surface area contributed by atoms with E-state index in [0.717, 1.165) is 22.4 Å². The first-order valence-corrected chi connectivity index (χ1v) is 6.43. The van der Waals surface area contributed by atoms with Crippen molar-refractivity contribution in [3.8, 4) is 5.75 Å². The fraction of sp³-hybridized carbons (Fsp3) is 0.250. The third-order valence-electron chi connectivity index (χ3n) is 3.42. The van der Waals surface area contributed by atoms with Crippen LogP contribution in [0.3, 0.4) is 0 Å². The molecule has 0 radical (unpaired) electrons. The van der Waals surface area contributed by atoms with Crippen LogP contribution in [0.5, 0.6) is 5.75 Å². The molecule has 0 bridgehead atoms. The predicted octanol–water partition coefficient (Wildman–Crippen LogP) is 3.00. The van der Waals surface area contributed by atoms with Gasteiger partial charge in [-0.25, -0.2) is 9.82 Å². The molecule has 0 fully saturated rings. The number of benzene rings is 2. The normalized spacial score (nSPS) is 12.2. The van der Waals surface area contributed by atoms with Crippen LogP contribution in [0.1, 0.15) is 28.3 Å². The van der Waals surface area contributed by atoms with E-state index in [1.165, 1.54) is 6.07 Å². The van der Waals surface area contributed by atoms with Crippen molar-refractivity contribution >= 4 is 0 Å². The number of hydrogen-bond acceptors (Lipinski definition) is 3. The molecule has 20 heavy (non-hydrogen) atoms. The highest BCUT2D eigenvalue weighted by atomic mass is 19.1. The third kappa shape index (κ3) is 2.81. The first kappa shape index (κ1) is 14.5. The van der Waals surface area contributed by atoms with Crippen LogP contribution >= 0.6 is 0 Å². The molecule has 2 rings (SSSR count). The van der Waals surface area contributed by atoms with E-state index in [9.17, 15) is 4.39 Å². The zero-order chi connectivity index (χ0) is 14.7. The van der Waals surface area contributed by atoms with Crippen LogP contribution in [0.15, 0.2) is 36.4 Å². The Morgan fingerprint density at radius 2 is 1.80 bits per heavy atom. The molecule has 0 heterocycles. The number of halogens is 1. The van der Waals surface area contributed by atoms with E-state index in [4.69, 9.17) is 10.6 Å². The zero-order valence-corrected chi connectivity index (χ0v) is 11.9. The number of nitrogens with one attached hydrogen (secondary N) is 1. The summed E-state index contributed by atoms with van der Waals surface area (Å²) in [5.74, 6) is 6.14. The standard InChI is InChI=1S/C16H19FN2O/c1-10-4-6-14(15(17)8-10)16(19-18)13-7-5-12(20-3)9-11(13)2/h4-9,16,19H,18H2,1-3H3. The molecule has 0 spiro atoms. The van der Waals surface area contributed by atoms with Gasteiger partial charge in [-0.15, -0.1) is 0 Å². The maximum Gasteiger partial charge on any atom is 0.128 e. The second-order valence-corrected chi connectivity index (χ2v) is 4.85. The second kappa shape index (κ2) is 6.03.